The largest absolute Gasteiger partial charge is 0.393 e. The number of nitrogen functional groups attached to an aromatic ring is 1. The van der Waals surface area contributed by atoms with Crippen molar-refractivity contribution in [3.8, 4) is 0 Å². The van der Waals surface area contributed by atoms with Gasteiger partial charge in [-0.2, -0.15) is 4.98 Å². The Morgan fingerprint density at radius 3 is 2.80 bits per heavy atom. The summed E-state index contributed by atoms with van der Waals surface area (Å²) < 4.78 is 5.92. The van der Waals surface area contributed by atoms with E-state index in [1.165, 1.54) is 0 Å². The smallest absolute Gasteiger partial charge is 0.225 e. The van der Waals surface area contributed by atoms with E-state index in [4.69, 9.17) is 33.7 Å². The summed E-state index contributed by atoms with van der Waals surface area (Å²) in [6.45, 7) is 2.11. The molecule has 5 unspecified atom stereocenters. The van der Waals surface area contributed by atoms with Gasteiger partial charge in [-0.15, -0.1) is 0 Å². The first-order valence-corrected chi connectivity index (χ1v) is 9.34. The van der Waals surface area contributed by atoms with E-state index in [9.17, 15) is 10.2 Å². The number of hydrogen-bond acceptors (Lipinski definition) is 7. The second-order valence-corrected chi connectivity index (χ2v) is 7.93. The van der Waals surface area contributed by atoms with Crippen LogP contribution in [-0.4, -0.2) is 44.2 Å². The molecule has 3 rings (SSSR count). The molecule has 0 amide bonds. The second kappa shape index (κ2) is 7.40. The summed E-state index contributed by atoms with van der Waals surface area (Å²) in [5.74, 6) is -0.400. The topological polar surface area (TPSA) is 114 Å². The van der Waals surface area contributed by atoms with Gasteiger partial charge < -0.3 is 26.0 Å². The van der Waals surface area contributed by atoms with Crippen molar-refractivity contribution in [1.29, 1.82) is 0 Å². The van der Waals surface area contributed by atoms with Gasteiger partial charge in [0.2, 0.25) is 5.28 Å². The molecule has 5 N–H and O–H groups in total. The number of hydrogen-bond donors (Lipinski definition) is 4. The molecule has 0 spiro atoms. The summed E-state index contributed by atoms with van der Waals surface area (Å²) in [4.78, 5) is 7.83. The van der Waals surface area contributed by atoms with E-state index < -0.39 is 18.0 Å². The Morgan fingerprint density at radius 2 is 2.08 bits per heavy atom. The van der Waals surface area contributed by atoms with Gasteiger partial charge in [0.1, 0.15) is 5.69 Å². The second-order valence-electron chi connectivity index (χ2n) is 7.23. The Hall–Kier alpha value is -0.860. The molecular weight excluding hydrogens is 367 g/mol. The average Bonchev–Trinajstić information content (AvgIpc) is 2.83. The summed E-state index contributed by atoms with van der Waals surface area (Å²) >= 11 is 11.7. The lowest BCUT2D eigenvalue weighted by Crippen LogP contribution is -2.42. The van der Waals surface area contributed by atoms with Crippen molar-refractivity contribution in [3.63, 3.8) is 0 Å². The van der Waals surface area contributed by atoms with E-state index in [-0.39, 0.29) is 22.2 Å². The van der Waals surface area contributed by atoms with Crippen molar-refractivity contribution in [3.05, 3.63) is 10.4 Å². The van der Waals surface area contributed by atoms with E-state index in [1.807, 2.05) is 0 Å². The molecule has 2 saturated carbocycles. The van der Waals surface area contributed by atoms with Crippen LogP contribution < -0.4 is 11.1 Å². The fraction of sp³-hybridized carbons (Fsp3) is 0.750. The average molecular weight is 391 g/mol. The van der Waals surface area contributed by atoms with E-state index >= 15 is 0 Å². The minimum atomic E-state index is -1.15. The maximum absolute atomic E-state index is 10.7. The molecule has 1 aromatic rings. The number of aliphatic hydroxyl groups excluding tert-OH is 1. The minimum Gasteiger partial charge on any atom is -0.393 e. The predicted molar refractivity (Wildman–Crippen MR) is 96.6 cm³/mol. The van der Waals surface area contributed by atoms with Gasteiger partial charge in [-0.3, -0.25) is 0 Å². The van der Waals surface area contributed by atoms with Gasteiger partial charge in [0.05, 0.1) is 12.2 Å². The Labute approximate surface area is 156 Å². The molecule has 0 radical (unpaired) electrons. The Balaban J connectivity index is 1.64. The van der Waals surface area contributed by atoms with Crippen LogP contribution in [0.5, 0.6) is 0 Å². The molecule has 2 aliphatic carbocycles. The van der Waals surface area contributed by atoms with Crippen LogP contribution in [0.3, 0.4) is 0 Å². The summed E-state index contributed by atoms with van der Waals surface area (Å²) in [6.07, 6.45) is 3.08. The Bertz CT molecular complexity index is 636. The molecule has 25 heavy (non-hydrogen) atoms. The minimum absolute atomic E-state index is 0.00134. The van der Waals surface area contributed by atoms with Crippen molar-refractivity contribution in [2.24, 2.45) is 5.92 Å². The lowest BCUT2D eigenvalue weighted by atomic mass is 9.86. The molecule has 5 atom stereocenters. The normalized spacial score (nSPS) is 35.7. The van der Waals surface area contributed by atoms with Gasteiger partial charge in [0, 0.05) is 18.9 Å². The van der Waals surface area contributed by atoms with Crippen LogP contribution in [0.15, 0.2) is 0 Å². The van der Waals surface area contributed by atoms with Crippen molar-refractivity contribution in [2.75, 3.05) is 11.1 Å². The number of rotatable bonds is 4. The van der Waals surface area contributed by atoms with Gasteiger partial charge in [-0.05, 0) is 36.8 Å². The molecule has 140 valence electrons. The summed E-state index contributed by atoms with van der Waals surface area (Å²) in [7, 11) is 0. The number of ether oxygens (including phenoxy) is 1. The monoisotopic (exact) mass is 390 g/mol. The lowest BCUT2D eigenvalue weighted by Gasteiger charge is -2.38. The molecule has 0 saturated heterocycles. The van der Waals surface area contributed by atoms with Gasteiger partial charge in [-0.25, -0.2) is 4.98 Å². The first kappa shape index (κ1) is 18.9. The zero-order valence-corrected chi connectivity index (χ0v) is 15.6. The van der Waals surface area contributed by atoms with Crippen LogP contribution in [0.25, 0.3) is 0 Å². The third-order valence-corrected chi connectivity index (χ3v) is 5.44. The molecule has 2 aliphatic rings. The van der Waals surface area contributed by atoms with Crippen LogP contribution in [0, 0.1) is 5.92 Å². The number of nitrogens with one attached hydrogen (secondary N) is 1. The van der Waals surface area contributed by atoms with Crippen molar-refractivity contribution in [2.45, 2.75) is 69.5 Å². The highest BCUT2D eigenvalue weighted by Crippen LogP contribution is 2.37. The number of nitrogens with zero attached hydrogens (tertiary/aromatic N) is 2. The van der Waals surface area contributed by atoms with Crippen LogP contribution in [-0.2, 0) is 4.74 Å². The zero-order chi connectivity index (χ0) is 18.2. The fourth-order valence-corrected chi connectivity index (χ4v) is 4.19. The first-order chi connectivity index (χ1) is 11.8. The highest BCUT2D eigenvalue weighted by molar-refractivity contribution is 6.34. The van der Waals surface area contributed by atoms with Gasteiger partial charge in [0.25, 0.3) is 0 Å². The molecule has 9 heteroatoms. The van der Waals surface area contributed by atoms with Crippen molar-refractivity contribution >= 4 is 34.7 Å². The van der Waals surface area contributed by atoms with Gasteiger partial charge in [0.15, 0.2) is 16.8 Å². The van der Waals surface area contributed by atoms with E-state index in [1.54, 1.807) is 0 Å². The molecule has 0 aliphatic heterocycles. The quantitative estimate of drug-likeness (QED) is 0.354. The molecule has 1 aromatic heterocycles. The Morgan fingerprint density at radius 1 is 1.32 bits per heavy atom. The van der Waals surface area contributed by atoms with E-state index in [0.29, 0.717) is 37.4 Å². The lowest BCUT2D eigenvalue weighted by molar-refractivity contribution is -0.261. The molecule has 0 bridgehead atoms. The van der Waals surface area contributed by atoms with Crippen LogP contribution in [0.4, 0.5) is 11.5 Å². The first-order valence-electron chi connectivity index (χ1n) is 8.59. The number of halogens is 2. The SMILES string of the molecule is CC1CCCC(O)(OC2CC(Nc3nc(Cl)nc(Cl)c3N)CC2O)C1. The molecule has 2 fully saturated rings. The third kappa shape index (κ3) is 4.46. The molecule has 7 nitrogen and oxygen atoms in total. The number of aromatic nitrogens is 2. The molecular formula is C16H24Cl2N4O3. The Kier molecular flexibility index (Phi) is 5.60. The number of nitrogens with two attached hydrogens (primary N) is 1. The fourth-order valence-electron chi connectivity index (χ4n) is 3.81. The number of aliphatic hydroxyl groups is 2. The maximum atomic E-state index is 10.7. The third-order valence-electron chi connectivity index (χ3n) is 4.99. The standard InChI is InChI=1S/C16H24Cl2N4O3/c1-8-3-2-4-16(24,7-8)25-11-6-9(5-10(11)23)20-14-12(19)13(17)21-15(18)22-14/h8-11,23-24H,2-7,19H2,1H3,(H,20,21,22). The number of anilines is 2. The molecule has 1 heterocycles. The van der Waals surface area contributed by atoms with Crippen molar-refractivity contribution < 1.29 is 14.9 Å². The molecule has 0 aromatic carbocycles. The summed E-state index contributed by atoms with van der Waals surface area (Å²) in [5.41, 5.74) is 6.09. The van der Waals surface area contributed by atoms with Gasteiger partial charge >= 0.3 is 0 Å². The maximum Gasteiger partial charge on any atom is 0.225 e. The van der Waals surface area contributed by atoms with E-state index in [0.717, 1.165) is 12.8 Å². The predicted octanol–water partition coefficient (Wildman–Crippen LogP) is 2.58. The van der Waals surface area contributed by atoms with Gasteiger partial charge in [-0.1, -0.05) is 24.9 Å². The highest BCUT2D eigenvalue weighted by Gasteiger charge is 2.42. The summed E-state index contributed by atoms with van der Waals surface area (Å²) in [6, 6.07) is -0.117. The van der Waals surface area contributed by atoms with Crippen LogP contribution >= 0.6 is 23.2 Å². The van der Waals surface area contributed by atoms with Crippen molar-refractivity contribution in [1.82, 2.24) is 9.97 Å². The summed E-state index contributed by atoms with van der Waals surface area (Å²) in [5, 5.41) is 24.2. The zero-order valence-electron chi connectivity index (χ0n) is 14.1. The van der Waals surface area contributed by atoms with Crippen LogP contribution in [0.2, 0.25) is 10.4 Å². The highest BCUT2D eigenvalue weighted by atomic mass is 35.5. The van der Waals surface area contributed by atoms with E-state index in [2.05, 4.69) is 22.2 Å². The van der Waals surface area contributed by atoms with Crippen LogP contribution in [0.1, 0.15) is 45.4 Å².